The normalized spacial score (nSPS) is 11.0. The average molecular weight is 389 g/mol. The van der Waals surface area contributed by atoms with Crippen LogP contribution in [0.2, 0.25) is 10.0 Å². The van der Waals surface area contributed by atoms with Crippen molar-refractivity contribution in [2.75, 3.05) is 17.1 Å². The van der Waals surface area contributed by atoms with Gasteiger partial charge in [-0.15, -0.1) is 0 Å². The first-order valence-corrected chi connectivity index (χ1v) is 8.90. The Labute approximate surface area is 149 Å². The number of carbonyl (C=O) groups is 1. The summed E-state index contributed by atoms with van der Waals surface area (Å²) in [4.78, 5) is 11.2. The van der Waals surface area contributed by atoms with Crippen LogP contribution in [0.15, 0.2) is 41.3 Å². The van der Waals surface area contributed by atoms with Crippen LogP contribution < -0.4 is 14.8 Å². The lowest BCUT2D eigenvalue weighted by molar-refractivity contribution is -0.114. The first-order chi connectivity index (χ1) is 11.2. The summed E-state index contributed by atoms with van der Waals surface area (Å²) < 4.78 is 32.5. The van der Waals surface area contributed by atoms with Crippen LogP contribution in [0, 0.1) is 0 Å². The summed E-state index contributed by atoms with van der Waals surface area (Å²) in [5, 5.41) is 3.06. The van der Waals surface area contributed by atoms with Crippen molar-refractivity contribution in [2.24, 2.45) is 0 Å². The molecule has 128 valence electrons. The maximum Gasteiger partial charge on any atom is 0.262 e. The van der Waals surface area contributed by atoms with Gasteiger partial charge in [0.25, 0.3) is 10.0 Å². The van der Waals surface area contributed by atoms with Crippen LogP contribution in [-0.4, -0.2) is 21.4 Å². The summed E-state index contributed by atoms with van der Waals surface area (Å²) in [6.45, 7) is 1.31. The number of anilines is 2. The van der Waals surface area contributed by atoms with Gasteiger partial charge in [-0.2, -0.15) is 0 Å². The molecule has 0 saturated carbocycles. The Morgan fingerprint density at radius 2 is 1.79 bits per heavy atom. The van der Waals surface area contributed by atoms with Gasteiger partial charge < -0.3 is 10.1 Å². The summed E-state index contributed by atoms with van der Waals surface area (Å²) in [5.74, 6) is -0.0152. The first kappa shape index (κ1) is 18.4. The Hall–Kier alpha value is -1.96. The molecule has 6 nitrogen and oxygen atoms in total. The van der Waals surface area contributed by atoms with Gasteiger partial charge in [-0.05, 0) is 36.4 Å². The van der Waals surface area contributed by atoms with Crippen LogP contribution >= 0.6 is 23.2 Å². The highest BCUT2D eigenvalue weighted by atomic mass is 35.5. The van der Waals surface area contributed by atoms with Gasteiger partial charge >= 0.3 is 0 Å². The third kappa shape index (κ3) is 4.31. The molecule has 2 aromatic carbocycles. The van der Waals surface area contributed by atoms with Crippen LogP contribution in [0.4, 0.5) is 11.4 Å². The van der Waals surface area contributed by atoms with Gasteiger partial charge in [0, 0.05) is 11.9 Å². The Balaban J connectivity index is 2.42. The van der Waals surface area contributed by atoms with Crippen molar-refractivity contribution in [3.63, 3.8) is 0 Å². The standard InChI is InChI=1S/C15H14Cl2N2O4S/c1-9(20)18-14-8-11(4-6-15(14)23-2)24(21,22)19-13-7-10(16)3-5-12(13)17/h3-8,19H,1-2H3,(H,18,20). The van der Waals surface area contributed by atoms with Crippen LogP contribution in [-0.2, 0) is 14.8 Å². The van der Waals surface area contributed by atoms with E-state index < -0.39 is 10.0 Å². The minimum absolute atomic E-state index is 0.0666. The number of benzene rings is 2. The lowest BCUT2D eigenvalue weighted by atomic mass is 10.3. The van der Waals surface area contributed by atoms with Gasteiger partial charge in [0.2, 0.25) is 5.91 Å². The molecule has 0 heterocycles. The number of hydrogen-bond donors (Lipinski definition) is 2. The molecule has 0 atom stereocenters. The van der Waals surface area contributed by atoms with Gasteiger partial charge in [0.1, 0.15) is 5.75 Å². The smallest absolute Gasteiger partial charge is 0.262 e. The second-order valence-corrected chi connectivity index (χ2v) is 7.30. The zero-order valence-electron chi connectivity index (χ0n) is 12.8. The van der Waals surface area contributed by atoms with Crippen LogP contribution in [0.5, 0.6) is 5.75 Å². The molecule has 2 N–H and O–H groups in total. The molecule has 9 heteroatoms. The molecular weight excluding hydrogens is 375 g/mol. The Morgan fingerprint density at radius 3 is 2.42 bits per heavy atom. The van der Waals surface area contributed by atoms with Crippen molar-refractivity contribution in [3.05, 3.63) is 46.4 Å². The zero-order valence-corrected chi connectivity index (χ0v) is 15.1. The third-order valence-corrected chi connectivity index (χ3v) is 4.89. The maximum absolute atomic E-state index is 12.5. The molecule has 0 spiro atoms. The number of methoxy groups -OCH3 is 1. The fraction of sp³-hybridized carbons (Fsp3) is 0.133. The van der Waals surface area contributed by atoms with Gasteiger partial charge in [-0.3, -0.25) is 9.52 Å². The fourth-order valence-electron chi connectivity index (χ4n) is 1.92. The second-order valence-electron chi connectivity index (χ2n) is 4.77. The summed E-state index contributed by atoms with van der Waals surface area (Å²) >= 11 is 11.8. The Morgan fingerprint density at radius 1 is 1.08 bits per heavy atom. The number of hydrogen-bond acceptors (Lipinski definition) is 4. The summed E-state index contributed by atoms with van der Waals surface area (Å²) in [5.41, 5.74) is 0.395. The van der Waals surface area contributed by atoms with Gasteiger partial charge in [-0.1, -0.05) is 23.2 Å². The second kappa shape index (κ2) is 7.29. The summed E-state index contributed by atoms with van der Waals surface area (Å²) in [6, 6.07) is 8.52. The van der Waals surface area contributed by atoms with E-state index in [4.69, 9.17) is 27.9 Å². The van der Waals surface area contributed by atoms with Crippen molar-refractivity contribution < 1.29 is 17.9 Å². The maximum atomic E-state index is 12.5. The first-order valence-electron chi connectivity index (χ1n) is 6.66. The highest BCUT2D eigenvalue weighted by Crippen LogP contribution is 2.31. The van der Waals surface area contributed by atoms with E-state index in [0.717, 1.165) is 0 Å². The SMILES string of the molecule is COc1ccc(S(=O)(=O)Nc2cc(Cl)ccc2Cl)cc1NC(C)=O. The van der Waals surface area contributed by atoms with E-state index in [2.05, 4.69) is 10.0 Å². The van der Waals surface area contributed by atoms with Crippen molar-refractivity contribution in [3.8, 4) is 5.75 Å². The topological polar surface area (TPSA) is 84.5 Å². The zero-order chi connectivity index (χ0) is 17.9. The molecular formula is C15H14Cl2N2O4S. The molecule has 2 rings (SSSR count). The third-order valence-electron chi connectivity index (χ3n) is 2.96. The molecule has 0 bridgehead atoms. The summed E-state index contributed by atoms with van der Waals surface area (Å²) in [7, 11) is -2.52. The van der Waals surface area contributed by atoms with E-state index in [-0.39, 0.29) is 27.2 Å². The molecule has 0 unspecified atom stereocenters. The summed E-state index contributed by atoms with van der Waals surface area (Å²) in [6.07, 6.45) is 0. The van der Waals surface area contributed by atoms with Crippen molar-refractivity contribution >= 4 is 50.5 Å². The van der Waals surface area contributed by atoms with Gasteiger partial charge in [0.05, 0.1) is 28.4 Å². The molecule has 0 radical (unpaired) electrons. The van der Waals surface area contributed by atoms with E-state index in [1.807, 2.05) is 0 Å². The lowest BCUT2D eigenvalue weighted by Crippen LogP contribution is -2.14. The monoisotopic (exact) mass is 388 g/mol. The number of amides is 1. The highest BCUT2D eigenvalue weighted by Gasteiger charge is 2.18. The van der Waals surface area contributed by atoms with Gasteiger partial charge in [0.15, 0.2) is 0 Å². The number of rotatable bonds is 5. The fourth-order valence-corrected chi connectivity index (χ4v) is 3.41. The minimum Gasteiger partial charge on any atom is -0.495 e. The molecule has 24 heavy (non-hydrogen) atoms. The lowest BCUT2D eigenvalue weighted by Gasteiger charge is -2.13. The highest BCUT2D eigenvalue weighted by molar-refractivity contribution is 7.92. The molecule has 0 saturated heterocycles. The Bertz CT molecular complexity index is 885. The number of halogens is 2. The van der Waals surface area contributed by atoms with E-state index in [9.17, 15) is 13.2 Å². The Kier molecular flexibility index (Phi) is 5.58. The number of nitrogens with one attached hydrogen (secondary N) is 2. The molecule has 0 aliphatic heterocycles. The average Bonchev–Trinajstić information content (AvgIpc) is 2.50. The number of carbonyl (C=O) groups excluding carboxylic acids is 1. The number of ether oxygens (including phenoxy) is 1. The minimum atomic E-state index is -3.94. The van der Waals surface area contributed by atoms with Crippen LogP contribution in [0.25, 0.3) is 0 Å². The quantitative estimate of drug-likeness (QED) is 0.816. The molecule has 0 aliphatic rings. The number of sulfonamides is 1. The molecule has 2 aromatic rings. The van der Waals surface area contributed by atoms with Crippen molar-refractivity contribution in [1.29, 1.82) is 0 Å². The largest absolute Gasteiger partial charge is 0.495 e. The predicted molar refractivity (Wildman–Crippen MR) is 94.6 cm³/mol. The van der Waals surface area contributed by atoms with Crippen LogP contribution in [0.3, 0.4) is 0 Å². The van der Waals surface area contributed by atoms with Crippen molar-refractivity contribution in [2.45, 2.75) is 11.8 Å². The van der Waals surface area contributed by atoms with E-state index in [1.54, 1.807) is 6.07 Å². The molecule has 0 aliphatic carbocycles. The molecule has 0 fully saturated rings. The molecule has 1 amide bonds. The van der Waals surface area contributed by atoms with Crippen molar-refractivity contribution in [1.82, 2.24) is 0 Å². The van der Waals surface area contributed by atoms with E-state index in [0.29, 0.717) is 10.8 Å². The predicted octanol–water partition coefficient (Wildman–Crippen LogP) is 3.76. The van der Waals surface area contributed by atoms with Gasteiger partial charge in [-0.25, -0.2) is 8.42 Å². The van der Waals surface area contributed by atoms with E-state index >= 15 is 0 Å². The van der Waals surface area contributed by atoms with E-state index in [1.165, 1.54) is 44.4 Å². The molecule has 0 aromatic heterocycles. The van der Waals surface area contributed by atoms with Crippen LogP contribution in [0.1, 0.15) is 6.92 Å².